The average Bonchev–Trinajstić information content (AvgIpc) is 3.00. The predicted molar refractivity (Wildman–Crippen MR) is 155 cm³/mol. The Morgan fingerprint density at radius 3 is 1.47 bits per heavy atom. The molecular weight excluding hydrogens is 466 g/mol. The molecule has 0 fully saturated rings. The molecule has 182 valence electrons. The van der Waals surface area contributed by atoms with Gasteiger partial charge < -0.3 is 10.6 Å². The first kappa shape index (κ1) is 23.1. The molecule has 3 aromatic heterocycles. The number of anilines is 4. The van der Waals surface area contributed by atoms with Gasteiger partial charge in [0.1, 0.15) is 0 Å². The second kappa shape index (κ2) is 10.4. The summed E-state index contributed by atoms with van der Waals surface area (Å²) in [7, 11) is 0. The fourth-order valence-electron chi connectivity index (χ4n) is 4.44. The summed E-state index contributed by atoms with van der Waals surface area (Å²) < 4.78 is 0. The molecule has 0 amide bonds. The lowest BCUT2D eigenvalue weighted by molar-refractivity contribution is 1.22. The molecule has 0 aliphatic heterocycles. The zero-order valence-corrected chi connectivity index (χ0v) is 20.6. The number of rotatable bonds is 6. The first-order chi connectivity index (χ1) is 18.7. The number of pyridine rings is 3. The van der Waals surface area contributed by atoms with Gasteiger partial charge >= 0.3 is 0 Å². The van der Waals surface area contributed by atoms with Gasteiger partial charge in [-0.25, -0.2) is 4.98 Å². The molecule has 5 nitrogen and oxygen atoms in total. The van der Waals surface area contributed by atoms with E-state index < -0.39 is 0 Å². The van der Waals surface area contributed by atoms with Crippen LogP contribution >= 0.6 is 0 Å². The molecular formula is C33H25N5. The molecule has 6 aromatic rings. The lowest BCUT2D eigenvalue weighted by atomic mass is 10.0. The smallest absolute Gasteiger partial charge is 0.0900 e. The van der Waals surface area contributed by atoms with Gasteiger partial charge in [-0.2, -0.15) is 0 Å². The third-order valence-electron chi connectivity index (χ3n) is 6.30. The predicted octanol–water partition coefficient (Wildman–Crippen LogP) is 7.92. The van der Waals surface area contributed by atoms with Gasteiger partial charge in [0.2, 0.25) is 0 Å². The number of hydrogen-bond acceptors (Lipinski definition) is 5. The van der Waals surface area contributed by atoms with Crippen LogP contribution in [-0.2, 0) is 0 Å². The molecule has 0 aliphatic carbocycles. The standard InChI is InChI=1S/C33H25N5/c34-26-14-18-29(19-15-26)38(27-8-2-1-3-9-27)28-16-12-24(13-17-28)25-22-32(30-10-4-6-20-35-30)37-33(23-25)31-11-5-7-21-36-31/h1-23H,34H2. The zero-order chi connectivity index (χ0) is 25.7. The molecule has 0 spiro atoms. The van der Waals surface area contributed by atoms with E-state index in [9.17, 15) is 0 Å². The summed E-state index contributed by atoms with van der Waals surface area (Å²) in [4.78, 5) is 16.2. The van der Waals surface area contributed by atoms with Crippen molar-refractivity contribution in [1.29, 1.82) is 0 Å². The van der Waals surface area contributed by atoms with E-state index in [-0.39, 0.29) is 0 Å². The highest BCUT2D eigenvalue weighted by Crippen LogP contribution is 2.36. The van der Waals surface area contributed by atoms with Crippen molar-refractivity contribution in [3.05, 3.63) is 140 Å². The molecule has 0 aliphatic rings. The number of nitrogens with two attached hydrogens (primary N) is 1. The van der Waals surface area contributed by atoms with Gasteiger partial charge in [0, 0.05) is 35.1 Å². The van der Waals surface area contributed by atoms with Crippen molar-refractivity contribution in [3.63, 3.8) is 0 Å². The fraction of sp³-hybridized carbons (Fsp3) is 0. The Kier molecular flexibility index (Phi) is 6.31. The molecule has 0 atom stereocenters. The van der Waals surface area contributed by atoms with Crippen LogP contribution in [0.4, 0.5) is 22.7 Å². The van der Waals surface area contributed by atoms with Crippen molar-refractivity contribution in [2.45, 2.75) is 0 Å². The van der Waals surface area contributed by atoms with E-state index in [2.05, 4.69) is 63.4 Å². The van der Waals surface area contributed by atoms with Crippen LogP contribution in [0.25, 0.3) is 33.9 Å². The van der Waals surface area contributed by atoms with Crippen molar-refractivity contribution in [2.24, 2.45) is 0 Å². The monoisotopic (exact) mass is 491 g/mol. The van der Waals surface area contributed by atoms with Crippen LogP contribution in [0.1, 0.15) is 0 Å². The minimum Gasteiger partial charge on any atom is -0.399 e. The molecule has 0 bridgehead atoms. The summed E-state index contributed by atoms with van der Waals surface area (Å²) in [6.45, 7) is 0. The molecule has 0 unspecified atom stereocenters. The fourth-order valence-corrected chi connectivity index (χ4v) is 4.44. The summed E-state index contributed by atoms with van der Waals surface area (Å²) in [6, 6.07) is 42.7. The van der Waals surface area contributed by atoms with Gasteiger partial charge in [-0.15, -0.1) is 0 Å². The van der Waals surface area contributed by atoms with Crippen LogP contribution in [0.2, 0.25) is 0 Å². The Balaban J connectivity index is 1.43. The second-order valence-corrected chi connectivity index (χ2v) is 8.87. The molecule has 0 saturated heterocycles. The maximum absolute atomic E-state index is 5.96. The highest BCUT2D eigenvalue weighted by molar-refractivity contribution is 5.80. The number of nitrogens with zero attached hydrogens (tertiary/aromatic N) is 4. The summed E-state index contributed by atoms with van der Waals surface area (Å²) >= 11 is 0. The number of aromatic nitrogens is 3. The van der Waals surface area contributed by atoms with Gasteiger partial charge in [0.25, 0.3) is 0 Å². The highest BCUT2D eigenvalue weighted by atomic mass is 15.1. The summed E-state index contributed by atoms with van der Waals surface area (Å²) in [5.74, 6) is 0. The van der Waals surface area contributed by atoms with E-state index in [0.717, 1.165) is 56.7 Å². The van der Waals surface area contributed by atoms with Crippen molar-refractivity contribution in [2.75, 3.05) is 10.6 Å². The molecule has 0 radical (unpaired) electrons. The minimum absolute atomic E-state index is 0.738. The van der Waals surface area contributed by atoms with E-state index in [1.54, 1.807) is 12.4 Å². The zero-order valence-electron chi connectivity index (χ0n) is 20.6. The van der Waals surface area contributed by atoms with Crippen molar-refractivity contribution >= 4 is 22.7 Å². The SMILES string of the molecule is Nc1ccc(N(c2ccccc2)c2ccc(-c3cc(-c4ccccn4)nc(-c4ccccn4)c3)cc2)cc1. The lowest BCUT2D eigenvalue weighted by Crippen LogP contribution is -2.09. The minimum atomic E-state index is 0.738. The molecule has 3 aromatic carbocycles. The van der Waals surface area contributed by atoms with Crippen LogP contribution in [0.3, 0.4) is 0 Å². The number of hydrogen-bond donors (Lipinski definition) is 1. The van der Waals surface area contributed by atoms with Gasteiger partial charge in [0.05, 0.1) is 22.8 Å². The Labute approximate surface area is 221 Å². The third kappa shape index (κ3) is 4.86. The Morgan fingerprint density at radius 2 is 0.947 bits per heavy atom. The van der Waals surface area contributed by atoms with E-state index in [1.807, 2.05) is 78.9 Å². The third-order valence-corrected chi connectivity index (χ3v) is 6.30. The summed E-state index contributed by atoms with van der Waals surface area (Å²) in [5, 5.41) is 0. The maximum Gasteiger partial charge on any atom is 0.0900 e. The number of nitrogen functional groups attached to an aromatic ring is 1. The van der Waals surface area contributed by atoms with Crippen LogP contribution in [0.15, 0.2) is 140 Å². The first-order valence-corrected chi connectivity index (χ1v) is 12.4. The lowest BCUT2D eigenvalue weighted by Gasteiger charge is -2.25. The topological polar surface area (TPSA) is 67.9 Å². The molecule has 5 heteroatoms. The number of benzene rings is 3. The van der Waals surface area contributed by atoms with E-state index in [4.69, 9.17) is 10.7 Å². The quantitative estimate of drug-likeness (QED) is 0.240. The van der Waals surface area contributed by atoms with Crippen LogP contribution < -0.4 is 10.6 Å². The largest absolute Gasteiger partial charge is 0.399 e. The van der Waals surface area contributed by atoms with Gasteiger partial charge in [-0.3, -0.25) is 9.97 Å². The molecule has 6 rings (SSSR count). The Morgan fingerprint density at radius 1 is 0.447 bits per heavy atom. The summed E-state index contributed by atoms with van der Waals surface area (Å²) in [6.07, 6.45) is 3.57. The van der Waals surface area contributed by atoms with Crippen LogP contribution in [-0.4, -0.2) is 15.0 Å². The number of para-hydroxylation sites is 1. The normalized spacial score (nSPS) is 10.7. The Bertz CT molecular complexity index is 1580. The van der Waals surface area contributed by atoms with Crippen molar-refractivity contribution < 1.29 is 0 Å². The average molecular weight is 492 g/mol. The second-order valence-electron chi connectivity index (χ2n) is 8.87. The first-order valence-electron chi connectivity index (χ1n) is 12.4. The van der Waals surface area contributed by atoms with Gasteiger partial charge in [-0.1, -0.05) is 42.5 Å². The molecule has 3 heterocycles. The maximum atomic E-state index is 5.96. The molecule has 38 heavy (non-hydrogen) atoms. The van der Waals surface area contributed by atoms with Crippen molar-refractivity contribution in [1.82, 2.24) is 15.0 Å². The molecule has 0 saturated carbocycles. The van der Waals surface area contributed by atoms with Gasteiger partial charge in [-0.05, 0) is 96.1 Å². The van der Waals surface area contributed by atoms with Crippen molar-refractivity contribution in [3.8, 4) is 33.9 Å². The van der Waals surface area contributed by atoms with Crippen LogP contribution in [0.5, 0.6) is 0 Å². The van der Waals surface area contributed by atoms with Crippen LogP contribution in [0, 0.1) is 0 Å². The Hall–Kier alpha value is -5.29. The molecule has 2 N–H and O–H groups in total. The van der Waals surface area contributed by atoms with Gasteiger partial charge in [0.15, 0.2) is 0 Å². The van der Waals surface area contributed by atoms with E-state index >= 15 is 0 Å². The van der Waals surface area contributed by atoms with E-state index in [1.165, 1.54) is 0 Å². The highest BCUT2D eigenvalue weighted by Gasteiger charge is 2.14. The summed E-state index contributed by atoms with van der Waals surface area (Å²) in [5.41, 5.74) is 15.2. The van der Waals surface area contributed by atoms with E-state index in [0.29, 0.717) is 0 Å².